The zero-order valence-electron chi connectivity index (χ0n) is 11.5. The van der Waals surface area contributed by atoms with Gasteiger partial charge in [-0.2, -0.15) is 4.37 Å². The molecule has 1 aromatic heterocycles. The Balaban J connectivity index is 1.78. The van der Waals surface area contributed by atoms with Crippen molar-refractivity contribution in [3.8, 4) is 11.4 Å². The van der Waals surface area contributed by atoms with Crippen molar-refractivity contribution in [2.24, 2.45) is 0 Å². The number of nitrogens with one attached hydrogen (secondary N) is 1. The van der Waals surface area contributed by atoms with E-state index >= 15 is 0 Å². The Labute approximate surface area is 128 Å². The first kappa shape index (κ1) is 14.6. The fraction of sp³-hybridized carbons (Fsp3) is 0.429. The Kier molecular flexibility index (Phi) is 4.32. The molecule has 0 amide bonds. The molecule has 112 valence electrons. The number of nitrogens with zero attached hydrogens (tertiary/aromatic N) is 2. The van der Waals surface area contributed by atoms with Crippen LogP contribution in [-0.2, 0) is 10.0 Å². The average molecular weight is 323 g/mol. The smallest absolute Gasteiger partial charge is 0.206 e. The van der Waals surface area contributed by atoms with E-state index in [0.29, 0.717) is 5.82 Å². The van der Waals surface area contributed by atoms with Gasteiger partial charge >= 0.3 is 0 Å². The van der Waals surface area contributed by atoms with E-state index in [1.807, 2.05) is 30.3 Å². The molecule has 3 rings (SSSR count). The van der Waals surface area contributed by atoms with Crippen LogP contribution in [0.2, 0.25) is 0 Å². The first-order chi connectivity index (χ1) is 10.1. The SMILES string of the molecule is O=S(=O)(NC1CCCCC1)c1nc(-c2ccccc2)ns1. The monoisotopic (exact) mass is 323 g/mol. The Morgan fingerprint density at radius 1 is 1.10 bits per heavy atom. The van der Waals surface area contributed by atoms with Gasteiger partial charge in [-0.1, -0.05) is 49.6 Å². The van der Waals surface area contributed by atoms with Crippen molar-refractivity contribution in [3.63, 3.8) is 0 Å². The van der Waals surface area contributed by atoms with Crippen molar-refractivity contribution in [1.82, 2.24) is 14.1 Å². The summed E-state index contributed by atoms with van der Waals surface area (Å²) in [5.41, 5.74) is 0.827. The lowest BCUT2D eigenvalue weighted by molar-refractivity contribution is 0.412. The van der Waals surface area contributed by atoms with Crippen LogP contribution in [0.25, 0.3) is 11.4 Å². The van der Waals surface area contributed by atoms with Crippen LogP contribution in [0, 0.1) is 0 Å². The lowest BCUT2D eigenvalue weighted by Gasteiger charge is -2.21. The van der Waals surface area contributed by atoms with Gasteiger partial charge in [-0.05, 0) is 24.4 Å². The summed E-state index contributed by atoms with van der Waals surface area (Å²) in [6, 6.07) is 9.43. The number of benzene rings is 1. The molecule has 0 aliphatic heterocycles. The predicted molar refractivity (Wildman–Crippen MR) is 82.5 cm³/mol. The molecule has 1 aliphatic carbocycles. The van der Waals surface area contributed by atoms with Gasteiger partial charge in [0.2, 0.25) is 4.34 Å². The van der Waals surface area contributed by atoms with Crippen molar-refractivity contribution in [2.75, 3.05) is 0 Å². The van der Waals surface area contributed by atoms with Gasteiger partial charge in [0, 0.05) is 11.6 Å². The molecule has 0 spiro atoms. The summed E-state index contributed by atoms with van der Waals surface area (Å²) >= 11 is 0.928. The molecular weight excluding hydrogens is 306 g/mol. The van der Waals surface area contributed by atoms with E-state index in [9.17, 15) is 8.42 Å². The minimum absolute atomic E-state index is 0.0350. The molecule has 0 unspecified atom stereocenters. The van der Waals surface area contributed by atoms with Gasteiger partial charge in [0.1, 0.15) is 0 Å². The Morgan fingerprint density at radius 3 is 2.52 bits per heavy atom. The fourth-order valence-electron chi connectivity index (χ4n) is 2.51. The first-order valence-electron chi connectivity index (χ1n) is 7.06. The second-order valence-corrected chi connectivity index (χ2v) is 7.85. The fourth-order valence-corrected chi connectivity index (χ4v) is 4.58. The van der Waals surface area contributed by atoms with Crippen LogP contribution < -0.4 is 4.72 Å². The van der Waals surface area contributed by atoms with Crippen LogP contribution in [0.4, 0.5) is 0 Å². The summed E-state index contributed by atoms with van der Waals surface area (Å²) in [5, 5.41) is 0. The van der Waals surface area contributed by atoms with Crippen molar-refractivity contribution in [3.05, 3.63) is 30.3 Å². The molecule has 0 radical (unpaired) electrons. The maximum atomic E-state index is 12.3. The van der Waals surface area contributed by atoms with E-state index in [2.05, 4.69) is 14.1 Å². The van der Waals surface area contributed by atoms with Gasteiger partial charge in [0.25, 0.3) is 10.0 Å². The van der Waals surface area contributed by atoms with Gasteiger partial charge in [-0.25, -0.2) is 18.1 Å². The van der Waals surface area contributed by atoms with Crippen LogP contribution in [0.3, 0.4) is 0 Å². The zero-order chi connectivity index (χ0) is 14.7. The summed E-state index contributed by atoms with van der Waals surface area (Å²) in [4.78, 5) is 4.17. The summed E-state index contributed by atoms with van der Waals surface area (Å²) in [6.07, 6.45) is 5.17. The third-order valence-corrected chi connectivity index (χ3v) is 6.18. The maximum Gasteiger partial charge on any atom is 0.269 e. The molecule has 2 aromatic rings. The standard InChI is InChI=1S/C14H17N3O2S2/c18-21(19,17-12-9-5-2-6-10-12)14-15-13(16-20-14)11-7-3-1-4-8-11/h1,3-4,7-8,12,17H,2,5-6,9-10H2. The highest BCUT2D eigenvalue weighted by molar-refractivity contribution is 7.91. The largest absolute Gasteiger partial charge is 0.269 e. The van der Waals surface area contributed by atoms with E-state index in [1.54, 1.807) is 0 Å². The van der Waals surface area contributed by atoms with E-state index in [1.165, 1.54) is 6.42 Å². The molecule has 5 nitrogen and oxygen atoms in total. The van der Waals surface area contributed by atoms with Crippen molar-refractivity contribution < 1.29 is 8.42 Å². The van der Waals surface area contributed by atoms with Gasteiger partial charge < -0.3 is 0 Å². The highest BCUT2D eigenvalue weighted by atomic mass is 32.2. The summed E-state index contributed by atoms with van der Waals surface area (Å²) in [5.74, 6) is 0.463. The topological polar surface area (TPSA) is 72.0 Å². The second kappa shape index (κ2) is 6.21. The summed E-state index contributed by atoms with van der Waals surface area (Å²) < 4.78 is 31.6. The van der Waals surface area contributed by atoms with Gasteiger partial charge in [-0.15, -0.1) is 0 Å². The number of rotatable bonds is 4. The van der Waals surface area contributed by atoms with E-state index in [0.717, 1.165) is 42.8 Å². The molecule has 0 bridgehead atoms. The van der Waals surface area contributed by atoms with Crippen molar-refractivity contribution in [1.29, 1.82) is 0 Å². The third-order valence-electron chi connectivity index (χ3n) is 3.60. The summed E-state index contributed by atoms with van der Waals surface area (Å²) in [7, 11) is -3.55. The molecule has 0 saturated heterocycles. The molecule has 0 atom stereocenters. The Bertz CT molecular complexity index is 692. The second-order valence-electron chi connectivity index (χ2n) is 5.21. The van der Waals surface area contributed by atoms with Gasteiger partial charge in [0.05, 0.1) is 0 Å². The number of hydrogen-bond donors (Lipinski definition) is 1. The molecule has 1 fully saturated rings. The number of sulfonamides is 1. The molecule has 21 heavy (non-hydrogen) atoms. The van der Waals surface area contributed by atoms with Crippen LogP contribution in [0.15, 0.2) is 34.7 Å². The van der Waals surface area contributed by atoms with Crippen LogP contribution in [0.1, 0.15) is 32.1 Å². The van der Waals surface area contributed by atoms with Crippen LogP contribution >= 0.6 is 11.5 Å². The van der Waals surface area contributed by atoms with Crippen LogP contribution in [0.5, 0.6) is 0 Å². The molecule has 1 heterocycles. The lowest BCUT2D eigenvalue weighted by atomic mass is 9.96. The average Bonchev–Trinajstić information content (AvgIpc) is 2.99. The highest BCUT2D eigenvalue weighted by Gasteiger charge is 2.25. The predicted octanol–water partition coefficient (Wildman–Crippen LogP) is 2.82. The molecule has 1 aromatic carbocycles. The highest BCUT2D eigenvalue weighted by Crippen LogP contribution is 2.23. The Hall–Kier alpha value is -1.31. The quantitative estimate of drug-likeness (QED) is 0.939. The third kappa shape index (κ3) is 3.48. The minimum Gasteiger partial charge on any atom is -0.206 e. The van der Waals surface area contributed by atoms with Crippen LogP contribution in [-0.4, -0.2) is 23.8 Å². The van der Waals surface area contributed by atoms with Gasteiger partial charge in [0.15, 0.2) is 5.82 Å². The Morgan fingerprint density at radius 2 is 1.81 bits per heavy atom. The van der Waals surface area contributed by atoms with E-state index in [4.69, 9.17) is 0 Å². The maximum absolute atomic E-state index is 12.3. The molecular formula is C14H17N3O2S2. The summed E-state index contributed by atoms with van der Waals surface area (Å²) in [6.45, 7) is 0. The minimum atomic E-state index is -3.55. The molecule has 1 N–H and O–H groups in total. The van der Waals surface area contributed by atoms with Crippen molar-refractivity contribution >= 4 is 21.6 Å². The van der Waals surface area contributed by atoms with E-state index in [-0.39, 0.29) is 10.4 Å². The number of hydrogen-bond acceptors (Lipinski definition) is 5. The number of aromatic nitrogens is 2. The molecule has 1 aliphatic rings. The molecule has 1 saturated carbocycles. The lowest BCUT2D eigenvalue weighted by Crippen LogP contribution is -2.36. The molecule has 7 heteroatoms. The zero-order valence-corrected chi connectivity index (χ0v) is 13.2. The van der Waals surface area contributed by atoms with E-state index < -0.39 is 10.0 Å². The first-order valence-corrected chi connectivity index (χ1v) is 9.32. The normalized spacial score (nSPS) is 17.0. The van der Waals surface area contributed by atoms with Crippen molar-refractivity contribution in [2.45, 2.75) is 42.5 Å². The van der Waals surface area contributed by atoms with Gasteiger partial charge in [-0.3, -0.25) is 0 Å².